The van der Waals surface area contributed by atoms with Crippen LogP contribution in [0.15, 0.2) is 72.8 Å². The van der Waals surface area contributed by atoms with Crippen LogP contribution in [0.5, 0.6) is 0 Å². The molecule has 3 aromatic rings. The number of aromatic nitrogens is 2. The number of benzene rings is 2. The summed E-state index contributed by atoms with van der Waals surface area (Å²) in [7, 11) is 0. The van der Waals surface area contributed by atoms with E-state index in [1.54, 1.807) is 4.68 Å². The van der Waals surface area contributed by atoms with Crippen LogP contribution in [0.2, 0.25) is 5.02 Å². The normalized spacial score (nSPS) is 14.4. The summed E-state index contributed by atoms with van der Waals surface area (Å²) >= 11 is 6.00. The molecule has 1 aromatic heterocycles. The van der Waals surface area contributed by atoms with Crippen molar-refractivity contribution in [1.29, 1.82) is 0 Å². The number of carbonyl (C=O) groups excluding carboxylic acids is 1. The van der Waals surface area contributed by atoms with Crippen LogP contribution < -0.4 is 0 Å². The van der Waals surface area contributed by atoms with E-state index >= 15 is 0 Å². The highest BCUT2D eigenvalue weighted by Crippen LogP contribution is 2.25. The molecule has 0 spiro atoms. The van der Waals surface area contributed by atoms with Gasteiger partial charge in [-0.1, -0.05) is 54.1 Å². The van der Waals surface area contributed by atoms with Crippen molar-refractivity contribution in [2.75, 3.05) is 13.1 Å². The van der Waals surface area contributed by atoms with Crippen molar-refractivity contribution in [2.45, 2.75) is 12.8 Å². The first kappa shape index (κ1) is 17.6. The van der Waals surface area contributed by atoms with E-state index < -0.39 is 0 Å². The molecule has 0 saturated carbocycles. The third kappa shape index (κ3) is 3.67. The number of hydrogen-bond donors (Lipinski definition) is 0. The number of likely N-dealkylation sites (tertiary alicyclic amines) is 1. The van der Waals surface area contributed by atoms with Gasteiger partial charge in [0.15, 0.2) is 0 Å². The van der Waals surface area contributed by atoms with Crippen LogP contribution in [0.4, 0.5) is 0 Å². The van der Waals surface area contributed by atoms with Crippen LogP contribution in [-0.2, 0) is 0 Å². The first-order valence-electron chi connectivity index (χ1n) is 8.99. The van der Waals surface area contributed by atoms with Crippen LogP contribution in [0.25, 0.3) is 16.9 Å². The molecule has 136 valence electrons. The van der Waals surface area contributed by atoms with Crippen LogP contribution >= 0.6 is 11.6 Å². The summed E-state index contributed by atoms with van der Waals surface area (Å²) in [6.07, 6.45) is 1.71. The predicted molar refractivity (Wildman–Crippen MR) is 108 cm³/mol. The summed E-state index contributed by atoms with van der Waals surface area (Å²) in [5, 5.41) is 5.39. The van der Waals surface area contributed by atoms with Crippen LogP contribution in [0, 0.1) is 0 Å². The minimum absolute atomic E-state index is 0.000864. The molecule has 1 saturated heterocycles. The molecule has 1 aliphatic heterocycles. The third-order valence-electron chi connectivity index (χ3n) is 4.83. The molecule has 5 heteroatoms. The molecule has 0 N–H and O–H groups in total. The van der Waals surface area contributed by atoms with Crippen molar-refractivity contribution in [3.8, 4) is 16.9 Å². The van der Waals surface area contributed by atoms with Crippen molar-refractivity contribution in [2.24, 2.45) is 0 Å². The minimum atomic E-state index is -0.000864. The molecule has 0 unspecified atom stereocenters. The van der Waals surface area contributed by atoms with Crippen LogP contribution in [0.1, 0.15) is 23.3 Å². The number of hydrogen-bond acceptors (Lipinski definition) is 2. The van der Waals surface area contributed by atoms with Gasteiger partial charge in [0, 0.05) is 23.7 Å². The van der Waals surface area contributed by atoms with Gasteiger partial charge in [-0.05, 0) is 43.2 Å². The fraction of sp³-hybridized carbons (Fsp3) is 0.182. The monoisotopic (exact) mass is 377 g/mol. The number of halogens is 1. The molecular formula is C22H20ClN3O. The lowest BCUT2D eigenvalue weighted by atomic mass is 10.1. The van der Waals surface area contributed by atoms with Crippen molar-refractivity contribution in [1.82, 2.24) is 14.7 Å². The molecule has 1 amide bonds. The van der Waals surface area contributed by atoms with Gasteiger partial charge in [-0.15, -0.1) is 0 Å². The topological polar surface area (TPSA) is 38.1 Å². The van der Waals surface area contributed by atoms with E-state index in [1.807, 2.05) is 65.6 Å². The van der Waals surface area contributed by atoms with Gasteiger partial charge < -0.3 is 4.90 Å². The number of rotatable bonds is 3. The second-order valence-electron chi connectivity index (χ2n) is 6.71. The Hall–Kier alpha value is -2.85. The zero-order valence-electron chi connectivity index (χ0n) is 14.9. The van der Waals surface area contributed by atoms with Crippen molar-refractivity contribution in [3.63, 3.8) is 0 Å². The quantitative estimate of drug-likeness (QED) is 0.603. The number of piperidine rings is 1. The van der Waals surface area contributed by atoms with E-state index in [9.17, 15) is 4.79 Å². The molecule has 4 rings (SSSR count). The maximum Gasteiger partial charge on any atom is 0.272 e. The standard InChI is InChI=1S/C22H20ClN3O/c1-16-11-13-25(14-12-16)22(27)21-15-20(17-7-9-18(23)10-8-17)24-26(21)19-5-3-2-4-6-19/h2-10,15H,1,11-14H2. The summed E-state index contributed by atoms with van der Waals surface area (Å²) in [5.74, 6) is -0.000864. The molecule has 1 aliphatic rings. The average Bonchev–Trinajstić information content (AvgIpc) is 3.15. The Bertz CT molecular complexity index is 967. The van der Waals surface area contributed by atoms with Gasteiger partial charge in [-0.25, -0.2) is 4.68 Å². The molecule has 2 aromatic carbocycles. The second kappa shape index (κ2) is 7.41. The SMILES string of the molecule is C=C1CCN(C(=O)c2cc(-c3ccc(Cl)cc3)nn2-c2ccccc2)CC1. The molecule has 0 atom stereocenters. The second-order valence-corrected chi connectivity index (χ2v) is 7.15. The van der Waals surface area contributed by atoms with Gasteiger partial charge >= 0.3 is 0 Å². The summed E-state index contributed by atoms with van der Waals surface area (Å²) in [5.41, 5.74) is 4.31. The van der Waals surface area contributed by atoms with E-state index in [4.69, 9.17) is 16.7 Å². The van der Waals surface area contributed by atoms with Crippen molar-refractivity contribution >= 4 is 17.5 Å². The van der Waals surface area contributed by atoms with E-state index in [0.717, 1.165) is 29.8 Å². The molecule has 2 heterocycles. The molecule has 0 bridgehead atoms. The third-order valence-corrected chi connectivity index (χ3v) is 5.08. The zero-order valence-corrected chi connectivity index (χ0v) is 15.7. The molecular weight excluding hydrogens is 358 g/mol. The Balaban J connectivity index is 1.75. The maximum atomic E-state index is 13.2. The lowest BCUT2D eigenvalue weighted by Crippen LogP contribution is -2.37. The molecule has 0 radical (unpaired) electrons. The Labute approximate surface area is 163 Å². The molecule has 27 heavy (non-hydrogen) atoms. The molecule has 1 fully saturated rings. The Morgan fingerprint density at radius 2 is 1.67 bits per heavy atom. The van der Waals surface area contributed by atoms with E-state index in [0.29, 0.717) is 23.8 Å². The van der Waals surface area contributed by atoms with Gasteiger partial charge in [0.25, 0.3) is 5.91 Å². The number of amides is 1. The highest BCUT2D eigenvalue weighted by Gasteiger charge is 2.24. The summed E-state index contributed by atoms with van der Waals surface area (Å²) in [6.45, 7) is 5.43. The van der Waals surface area contributed by atoms with Gasteiger partial charge in [-0.2, -0.15) is 5.10 Å². The first-order chi connectivity index (χ1) is 13.1. The minimum Gasteiger partial charge on any atom is -0.337 e. The fourth-order valence-electron chi connectivity index (χ4n) is 3.25. The lowest BCUT2D eigenvalue weighted by molar-refractivity contribution is 0.0734. The van der Waals surface area contributed by atoms with Crippen LogP contribution in [-0.4, -0.2) is 33.7 Å². The van der Waals surface area contributed by atoms with Gasteiger partial charge in [0.05, 0.1) is 11.4 Å². The number of para-hydroxylation sites is 1. The van der Waals surface area contributed by atoms with Gasteiger partial charge in [0.1, 0.15) is 5.69 Å². The molecule has 4 nitrogen and oxygen atoms in total. The number of nitrogens with zero attached hydrogens (tertiary/aromatic N) is 3. The van der Waals surface area contributed by atoms with Crippen molar-refractivity contribution in [3.05, 3.63) is 83.5 Å². The average molecular weight is 378 g/mol. The highest BCUT2D eigenvalue weighted by molar-refractivity contribution is 6.30. The largest absolute Gasteiger partial charge is 0.337 e. The Morgan fingerprint density at radius 1 is 1.00 bits per heavy atom. The fourth-order valence-corrected chi connectivity index (χ4v) is 3.38. The predicted octanol–water partition coefficient (Wildman–Crippen LogP) is 4.98. The Kier molecular flexibility index (Phi) is 4.82. The smallest absolute Gasteiger partial charge is 0.272 e. The van der Waals surface area contributed by atoms with E-state index in [1.165, 1.54) is 5.57 Å². The summed E-state index contributed by atoms with van der Waals surface area (Å²) in [4.78, 5) is 15.1. The maximum absolute atomic E-state index is 13.2. The molecule has 0 aliphatic carbocycles. The zero-order chi connectivity index (χ0) is 18.8. The van der Waals surface area contributed by atoms with E-state index in [2.05, 4.69) is 6.58 Å². The first-order valence-corrected chi connectivity index (χ1v) is 9.37. The summed E-state index contributed by atoms with van der Waals surface area (Å²) < 4.78 is 1.73. The summed E-state index contributed by atoms with van der Waals surface area (Å²) in [6, 6.07) is 19.1. The Morgan fingerprint density at radius 3 is 2.33 bits per heavy atom. The van der Waals surface area contributed by atoms with Crippen molar-refractivity contribution < 1.29 is 4.79 Å². The van der Waals surface area contributed by atoms with Crippen LogP contribution in [0.3, 0.4) is 0 Å². The highest BCUT2D eigenvalue weighted by atomic mass is 35.5. The number of carbonyl (C=O) groups is 1. The van der Waals surface area contributed by atoms with Gasteiger partial charge in [-0.3, -0.25) is 4.79 Å². The lowest BCUT2D eigenvalue weighted by Gasteiger charge is -2.28. The van der Waals surface area contributed by atoms with Gasteiger partial charge in [0.2, 0.25) is 0 Å². The van der Waals surface area contributed by atoms with E-state index in [-0.39, 0.29) is 5.91 Å².